The van der Waals surface area contributed by atoms with E-state index in [1.54, 1.807) is 28.6 Å². The van der Waals surface area contributed by atoms with Gasteiger partial charge in [-0.25, -0.2) is 4.98 Å². The molecule has 0 spiro atoms. The van der Waals surface area contributed by atoms with Gasteiger partial charge in [0.1, 0.15) is 11.5 Å². The maximum Gasteiger partial charge on any atom is 0.387 e. The Hall–Kier alpha value is -3.85. The molecule has 2 atom stereocenters. The van der Waals surface area contributed by atoms with Crippen LogP contribution in [0.4, 0.5) is 8.78 Å². The number of hydrogen-bond acceptors (Lipinski definition) is 5. The molecule has 1 aliphatic heterocycles. The number of aromatic nitrogens is 3. The molecule has 190 valence electrons. The molecule has 2 aliphatic rings. The van der Waals surface area contributed by atoms with Crippen molar-refractivity contribution in [2.24, 2.45) is 5.73 Å². The highest BCUT2D eigenvalue weighted by molar-refractivity contribution is 6.01. The van der Waals surface area contributed by atoms with Crippen LogP contribution < -0.4 is 10.5 Å². The van der Waals surface area contributed by atoms with E-state index >= 15 is 0 Å². The third-order valence-electron chi connectivity index (χ3n) is 7.58. The summed E-state index contributed by atoms with van der Waals surface area (Å²) in [5.41, 5.74) is 11.8. The van der Waals surface area contributed by atoms with Crippen molar-refractivity contribution in [3.05, 3.63) is 71.3 Å². The van der Waals surface area contributed by atoms with E-state index < -0.39 is 12.2 Å². The predicted octanol–water partition coefficient (Wildman–Crippen LogP) is 5.35. The number of para-hydroxylation sites is 1. The Morgan fingerprint density at radius 3 is 2.78 bits per heavy atom. The SMILES string of the molecule is CCC1c2nc3ccc(-c4cnc5c(c4)CCC5(C)N)cc3n2-c2c(OC(F)F)cccc2C(=O)N1C. The third kappa shape index (κ3) is 3.60. The number of rotatable bonds is 4. The average molecular weight is 504 g/mol. The Morgan fingerprint density at radius 2 is 2.03 bits per heavy atom. The van der Waals surface area contributed by atoms with E-state index in [0.717, 1.165) is 35.2 Å². The molecule has 2 unspecified atom stereocenters. The lowest BCUT2D eigenvalue weighted by atomic mass is 9.99. The highest BCUT2D eigenvalue weighted by Crippen LogP contribution is 2.41. The lowest BCUT2D eigenvalue weighted by Gasteiger charge is -2.24. The fourth-order valence-corrected chi connectivity index (χ4v) is 5.70. The molecule has 2 aromatic carbocycles. The van der Waals surface area contributed by atoms with E-state index in [9.17, 15) is 13.6 Å². The molecule has 0 radical (unpaired) electrons. The minimum atomic E-state index is -3.04. The molecule has 1 aliphatic carbocycles. The van der Waals surface area contributed by atoms with Crippen molar-refractivity contribution in [1.29, 1.82) is 0 Å². The van der Waals surface area contributed by atoms with Crippen molar-refractivity contribution >= 4 is 16.9 Å². The number of ether oxygens (including phenoxy) is 1. The van der Waals surface area contributed by atoms with E-state index in [2.05, 4.69) is 11.1 Å². The zero-order chi connectivity index (χ0) is 26.1. The maximum atomic E-state index is 13.4. The Kier molecular flexibility index (Phi) is 5.31. The Morgan fingerprint density at radius 1 is 1.22 bits per heavy atom. The number of aryl methyl sites for hydroxylation is 1. The van der Waals surface area contributed by atoms with Gasteiger partial charge in [-0.1, -0.05) is 19.1 Å². The van der Waals surface area contributed by atoms with Gasteiger partial charge in [-0.3, -0.25) is 14.3 Å². The van der Waals surface area contributed by atoms with Gasteiger partial charge in [-0.05, 0) is 67.6 Å². The van der Waals surface area contributed by atoms with Crippen LogP contribution >= 0.6 is 0 Å². The van der Waals surface area contributed by atoms with Crippen LogP contribution in [0.2, 0.25) is 0 Å². The van der Waals surface area contributed by atoms with Crippen LogP contribution in [-0.2, 0) is 12.0 Å². The monoisotopic (exact) mass is 503 g/mol. The van der Waals surface area contributed by atoms with E-state index in [4.69, 9.17) is 15.5 Å². The average Bonchev–Trinajstić information content (AvgIpc) is 3.36. The van der Waals surface area contributed by atoms with Gasteiger partial charge in [0, 0.05) is 18.8 Å². The molecule has 7 nitrogen and oxygen atoms in total. The second-order valence-electron chi connectivity index (χ2n) is 10.0. The van der Waals surface area contributed by atoms with E-state index in [1.165, 1.54) is 6.07 Å². The second kappa shape index (κ2) is 8.34. The number of hydrogen-bond donors (Lipinski definition) is 1. The number of pyridine rings is 1. The van der Waals surface area contributed by atoms with Gasteiger partial charge < -0.3 is 15.4 Å². The van der Waals surface area contributed by atoms with Gasteiger partial charge in [0.15, 0.2) is 5.75 Å². The van der Waals surface area contributed by atoms with Crippen molar-refractivity contribution in [3.63, 3.8) is 0 Å². The maximum absolute atomic E-state index is 13.4. The molecule has 0 saturated heterocycles. The number of carbonyl (C=O) groups excluding carboxylic acids is 1. The fraction of sp³-hybridized carbons (Fsp3) is 0.321. The minimum Gasteiger partial charge on any atom is -0.433 e. The number of nitrogens with two attached hydrogens (primary N) is 1. The summed E-state index contributed by atoms with van der Waals surface area (Å²) >= 11 is 0. The number of benzene rings is 2. The standard InChI is InChI=1S/C28H27F2N5O2/c1-4-20-25-33-19-9-8-15(17-12-16-10-11-28(2,31)24(16)32-14-17)13-21(19)35(25)23-18(26(36)34(20)3)6-5-7-22(23)37-27(29)30/h5-9,12-14,20,27H,4,10-11,31H2,1-3H3. The van der Waals surface area contributed by atoms with E-state index in [1.807, 2.05) is 38.2 Å². The summed E-state index contributed by atoms with van der Waals surface area (Å²) < 4.78 is 33.5. The van der Waals surface area contributed by atoms with Crippen LogP contribution in [0.1, 0.15) is 60.2 Å². The third-order valence-corrected chi connectivity index (χ3v) is 7.58. The molecule has 6 rings (SSSR count). The first-order valence-electron chi connectivity index (χ1n) is 12.4. The van der Waals surface area contributed by atoms with Crippen molar-refractivity contribution < 1.29 is 18.3 Å². The molecule has 2 aromatic heterocycles. The van der Waals surface area contributed by atoms with Crippen LogP contribution in [0.15, 0.2) is 48.7 Å². The fourth-order valence-electron chi connectivity index (χ4n) is 5.70. The quantitative estimate of drug-likeness (QED) is 0.406. The summed E-state index contributed by atoms with van der Waals surface area (Å²) in [6, 6.07) is 12.3. The molecule has 4 aromatic rings. The minimum absolute atomic E-state index is 0.0709. The van der Waals surface area contributed by atoms with Crippen LogP contribution in [0.3, 0.4) is 0 Å². The highest BCUT2D eigenvalue weighted by Gasteiger charge is 2.35. The van der Waals surface area contributed by atoms with Crippen LogP contribution in [-0.4, -0.2) is 39.0 Å². The van der Waals surface area contributed by atoms with E-state index in [0.29, 0.717) is 23.3 Å². The molecule has 3 heterocycles. The first-order valence-corrected chi connectivity index (χ1v) is 12.4. The summed E-state index contributed by atoms with van der Waals surface area (Å²) in [7, 11) is 1.71. The predicted molar refractivity (Wildman–Crippen MR) is 136 cm³/mol. The second-order valence-corrected chi connectivity index (χ2v) is 10.0. The first-order chi connectivity index (χ1) is 17.7. The molecular formula is C28H27F2N5O2. The Bertz CT molecular complexity index is 1560. The number of imidazole rings is 1. The largest absolute Gasteiger partial charge is 0.433 e. The number of amides is 1. The van der Waals surface area contributed by atoms with Gasteiger partial charge in [-0.15, -0.1) is 0 Å². The van der Waals surface area contributed by atoms with Gasteiger partial charge in [-0.2, -0.15) is 8.78 Å². The summed E-state index contributed by atoms with van der Waals surface area (Å²) in [6.07, 6.45) is 4.13. The molecule has 0 fully saturated rings. The number of carbonyl (C=O) groups is 1. The van der Waals surface area contributed by atoms with Gasteiger partial charge in [0.25, 0.3) is 5.91 Å². The first kappa shape index (κ1) is 23.5. The highest BCUT2D eigenvalue weighted by atomic mass is 19.3. The normalized spacial score (nSPS) is 20.7. The van der Waals surface area contributed by atoms with Gasteiger partial charge >= 0.3 is 6.61 Å². The van der Waals surface area contributed by atoms with Crippen molar-refractivity contribution in [1.82, 2.24) is 19.4 Å². The molecule has 1 amide bonds. The van der Waals surface area contributed by atoms with Crippen molar-refractivity contribution in [3.8, 4) is 22.6 Å². The molecule has 9 heteroatoms. The van der Waals surface area contributed by atoms with Gasteiger partial charge in [0.2, 0.25) is 0 Å². The molecule has 2 N–H and O–H groups in total. The number of alkyl halides is 2. The molecule has 0 bridgehead atoms. The topological polar surface area (TPSA) is 86.3 Å². The number of halogens is 2. The summed E-state index contributed by atoms with van der Waals surface area (Å²) in [5, 5.41) is 0. The Balaban J connectivity index is 1.60. The van der Waals surface area contributed by atoms with Crippen LogP contribution in [0.25, 0.3) is 27.8 Å². The van der Waals surface area contributed by atoms with Gasteiger partial charge in [0.05, 0.1) is 33.9 Å². The lowest BCUT2D eigenvalue weighted by Crippen LogP contribution is -2.30. The van der Waals surface area contributed by atoms with E-state index in [-0.39, 0.29) is 28.9 Å². The number of fused-ring (bicyclic) bond motifs is 6. The Labute approximate surface area is 212 Å². The molecule has 37 heavy (non-hydrogen) atoms. The zero-order valence-electron chi connectivity index (χ0n) is 20.8. The van der Waals surface area contributed by atoms with Crippen molar-refractivity contribution in [2.75, 3.05) is 7.05 Å². The number of nitrogens with zero attached hydrogens (tertiary/aromatic N) is 4. The molecular weight excluding hydrogens is 476 g/mol. The summed E-state index contributed by atoms with van der Waals surface area (Å²) in [5.74, 6) is 0.253. The van der Waals surface area contributed by atoms with Crippen molar-refractivity contribution in [2.45, 2.75) is 51.3 Å². The lowest BCUT2D eigenvalue weighted by molar-refractivity contribution is -0.0498. The summed E-state index contributed by atoms with van der Waals surface area (Å²) in [4.78, 5) is 24.6. The smallest absolute Gasteiger partial charge is 0.387 e. The zero-order valence-corrected chi connectivity index (χ0v) is 20.8. The van der Waals surface area contributed by atoms with Crippen LogP contribution in [0, 0.1) is 0 Å². The summed E-state index contributed by atoms with van der Waals surface area (Å²) in [6.45, 7) is 0.930. The molecule has 0 saturated carbocycles. The van der Waals surface area contributed by atoms with Crippen LogP contribution in [0.5, 0.6) is 5.75 Å².